The lowest BCUT2D eigenvalue weighted by molar-refractivity contribution is -0.144. The molecule has 1 aliphatic heterocycles. The molecule has 3 fully saturated rings. The molecule has 0 atom stereocenters. The summed E-state index contributed by atoms with van der Waals surface area (Å²) in [7, 11) is -3.83. The summed E-state index contributed by atoms with van der Waals surface area (Å²) in [5.74, 6) is 0.0251. The predicted octanol–water partition coefficient (Wildman–Crippen LogP) is 2.90. The van der Waals surface area contributed by atoms with Crippen molar-refractivity contribution in [2.75, 3.05) is 26.2 Å². The van der Waals surface area contributed by atoms with E-state index in [2.05, 4.69) is 0 Å². The van der Waals surface area contributed by atoms with Gasteiger partial charge in [0.25, 0.3) is 0 Å². The van der Waals surface area contributed by atoms with Crippen molar-refractivity contribution in [3.63, 3.8) is 0 Å². The molecule has 0 bridgehead atoms. The second-order valence-corrected chi connectivity index (χ2v) is 11.1. The van der Waals surface area contributed by atoms with Crippen LogP contribution in [-0.2, 0) is 19.4 Å². The summed E-state index contributed by atoms with van der Waals surface area (Å²) in [5, 5.41) is 0.461. The molecule has 3 aliphatic rings. The maximum Gasteiger partial charge on any atom is 0.244 e. The highest BCUT2D eigenvalue weighted by molar-refractivity contribution is 7.93. The zero-order chi connectivity index (χ0) is 20.6. The monoisotopic (exact) mass is 438 g/mol. The van der Waals surface area contributed by atoms with Gasteiger partial charge in [0.15, 0.2) is 14.6 Å². The minimum absolute atomic E-state index is 0.142. The summed E-state index contributed by atoms with van der Waals surface area (Å²) >= 11 is 5.91. The molecule has 4 rings (SSSR count). The molecule has 0 unspecified atom stereocenters. The first-order chi connectivity index (χ1) is 13.8. The fourth-order valence-corrected chi connectivity index (χ4v) is 6.97. The summed E-state index contributed by atoms with van der Waals surface area (Å²) < 4.78 is 25.6. The van der Waals surface area contributed by atoms with Crippen LogP contribution in [0.1, 0.15) is 44.9 Å². The van der Waals surface area contributed by atoms with E-state index in [1.165, 1.54) is 12.1 Å². The van der Waals surface area contributed by atoms with E-state index in [0.717, 1.165) is 32.1 Å². The Morgan fingerprint density at radius 3 is 1.97 bits per heavy atom. The summed E-state index contributed by atoms with van der Waals surface area (Å²) in [4.78, 5) is 29.6. The van der Waals surface area contributed by atoms with Crippen LogP contribution >= 0.6 is 11.6 Å². The Bertz CT molecular complexity index is 882. The van der Waals surface area contributed by atoms with Gasteiger partial charge >= 0.3 is 0 Å². The normalized spacial score (nSPS) is 22.4. The first kappa shape index (κ1) is 20.7. The molecule has 158 valence electrons. The van der Waals surface area contributed by atoms with E-state index < -0.39 is 14.6 Å². The lowest BCUT2D eigenvalue weighted by Gasteiger charge is -2.41. The van der Waals surface area contributed by atoms with Gasteiger partial charge in [0, 0.05) is 37.1 Å². The van der Waals surface area contributed by atoms with E-state index in [1.54, 1.807) is 17.0 Å². The van der Waals surface area contributed by atoms with Crippen molar-refractivity contribution in [2.24, 2.45) is 5.92 Å². The van der Waals surface area contributed by atoms with E-state index in [9.17, 15) is 18.0 Å². The van der Waals surface area contributed by atoms with Gasteiger partial charge in [0.1, 0.15) is 0 Å². The molecule has 8 heteroatoms. The highest BCUT2D eigenvalue weighted by Crippen LogP contribution is 2.42. The average molecular weight is 439 g/mol. The summed E-state index contributed by atoms with van der Waals surface area (Å²) in [5.41, 5.74) is 0. The lowest BCUT2D eigenvalue weighted by Crippen LogP contribution is -2.58. The summed E-state index contributed by atoms with van der Waals surface area (Å²) in [6.07, 6.45) is 5.16. The largest absolute Gasteiger partial charge is 0.339 e. The molecule has 0 aromatic heterocycles. The number of hydrogen-bond donors (Lipinski definition) is 0. The number of rotatable bonds is 4. The Balaban J connectivity index is 1.52. The number of sulfone groups is 1. The second kappa shape index (κ2) is 7.91. The quantitative estimate of drug-likeness (QED) is 0.724. The molecule has 0 radical (unpaired) electrons. The molecule has 1 heterocycles. The van der Waals surface area contributed by atoms with Gasteiger partial charge in [0.05, 0.1) is 4.90 Å². The Morgan fingerprint density at radius 2 is 1.45 bits per heavy atom. The third-order valence-corrected chi connectivity index (χ3v) is 9.53. The number of carbonyl (C=O) groups is 2. The van der Waals surface area contributed by atoms with Crippen LogP contribution in [0.15, 0.2) is 29.2 Å². The lowest BCUT2D eigenvalue weighted by atomic mass is 9.84. The Labute approximate surface area is 177 Å². The third kappa shape index (κ3) is 3.56. The first-order valence-corrected chi connectivity index (χ1v) is 12.3. The number of piperazine rings is 1. The van der Waals surface area contributed by atoms with Gasteiger partial charge in [0.2, 0.25) is 11.8 Å². The van der Waals surface area contributed by atoms with E-state index in [0.29, 0.717) is 44.0 Å². The Hall–Kier alpha value is -1.60. The molecule has 0 spiro atoms. The van der Waals surface area contributed by atoms with Crippen molar-refractivity contribution in [3.8, 4) is 0 Å². The highest BCUT2D eigenvalue weighted by Gasteiger charge is 2.54. The minimum atomic E-state index is -3.83. The molecule has 0 N–H and O–H groups in total. The average Bonchev–Trinajstić information content (AvgIpc) is 3.18. The molecular weight excluding hydrogens is 412 g/mol. The molecule has 1 saturated heterocycles. The molecule has 1 aromatic rings. The van der Waals surface area contributed by atoms with Gasteiger partial charge in [-0.15, -0.1) is 0 Å². The molecule has 1 aromatic carbocycles. The van der Waals surface area contributed by atoms with Crippen LogP contribution in [0.5, 0.6) is 0 Å². The van der Waals surface area contributed by atoms with Crippen molar-refractivity contribution in [2.45, 2.75) is 54.6 Å². The van der Waals surface area contributed by atoms with Crippen molar-refractivity contribution in [3.05, 3.63) is 29.3 Å². The van der Waals surface area contributed by atoms with E-state index >= 15 is 0 Å². The first-order valence-electron chi connectivity index (χ1n) is 10.4. The minimum Gasteiger partial charge on any atom is -0.339 e. The number of benzene rings is 1. The van der Waals surface area contributed by atoms with Crippen molar-refractivity contribution < 1.29 is 18.0 Å². The second-order valence-electron chi connectivity index (χ2n) is 8.40. The maximum atomic E-state index is 13.5. The standard InChI is InChI=1S/C21H27ClN2O4S/c22-17-6-8-18(9-7-17)29(27,28)21(10-1-2-11-21)20(26)24-14-12-23(13-15-24)19(25)16-4-3-5-16/h6-9,16H,1-5,10-15H2. The molecule has 6 nitrogen and oxygen atoms in total. The molecule has 2 aliphatic carbocycles. The number of nitrogens with zero attached hydrogens (tertiary/aromatic N) is 2. The van der Waals surface area contributed by atoms with Gasteiger partial charge in [-0.3, -0.25) is 9.59 Å². The fraction of sp³-hybridized carbons (Fsp3) is 0.619. The van der Waals surface area contributed by atoms with Crippen LogP contribution < -0.4 is 0 Å². The molecule has 29 heavy (non-hydrogen) atoms. The van der Waals surface area contributed by atoms with Crippen LogP contribution in [0.4, 0.5) is 0 Å². The Kier molecular flexibility index (Phi) is 5.64. The third-order valence-electron chi connectivity index (χ3n) is 6.77. The maximum absolute atomic E-state index is 13.5. The van der Waals surface area contributed by atoms with E-state index in [-0.39, 0.29) is 22.6 Å². The molecule has 2 amide bonds. The van der Waals surface area contributed by atoms with Crippen molar-refractivity contribution >= 4 is 33.3 Å². The van der Waals surface area contributed by atoms with Crippen molar-refractivity contribution in [1.29, 1.82) is 0 Å². The number of carbonyl (C=O) groups excluding carboxylic acids is 2. The van der Waals surface area contributed by atoms with Gasteiger partial charge < -0.3 is 9.80 Å². The number of amides is 2. The highest BCUT2D eigenvalue weighted by atomic mass is 35.5. The fourth-order valence-electron chi connectivity index (χ4n) is 4.71. The Morgan fingerprint density at radius 1 is 0.897 bits per heavy atom. The number of halogens is 1. The molecule has 2 saturated carbocycles. The van der Waals surface area contributed by atoms with Crippen LogP contribution in [-0.4, -0.2) is 61.0 Å². The smallest absolute Gasteiger partial charge is 0.244 e. The SMILES string of the molecule is O=C(C1CCC1)N1CCN(C(=O)C2(S(=O)(=O)c3ccc(Cl)cc3)CCCC2)CC1. The van der Waals surface area contributed by atoms with Crippen LogP contribution in [0.25, 0.3) is 0 Å². The predicted molar refractivity (Wildman–Crippen MR) is 110 cm³/mol. The van der Waals surface area contributed by atoms with E-state index in [4.69, 9.17) is 11.6 Å². The number of hydrogen-bond acceptors (Lipinski definition) is 4. The van der Waals surface area contributed by atoms with Crippen LogP contribution in [0, 0.1) is 5.92 Å². The zero-order valence-electron chi connectivity index (χ0n) is 16.5. The van der Waals surface area contributed by atoms with Gasteiger partial charge in [-0.1, -0.05) is 30.9 Å². The van der Waals surface area contributed by atoms with Gasteiger partial charge in [-0.25, -0.2) is 8.42 Å². The van der Waals surface area contributed by atoms with Crippen LogP contribution in [0.3, 0.4) is 0 Å². The van der Waals surface area contributed by atoms with Crippen molar-refractivity contribution in [1.82, 2.24) is 9.80 Å². The van der Waals surface area contributed by atoms with Crippen LogP contribution in [0.2, 0.25) is 5.02 Å². The topological polar surface area (TPSA) is 74.8 Å². The summed E-state index contributed by atoms with van der Waals surface area (Å²) in [6, 6.07) is 6.07. The zero-order valence-corrected chi connectivity index (χ0v) is 18.1. The molecular formula is C21H27ClN2O4S. The van der Waals surface area contributed by atoms with Gasteiger partial charge in [-0.05, 0) is 49.9 Å². The van der Waals surface area contributed by atoms with E-state index in [1.807, 2.05) is 4.90 Å². The summed E-state index contributed by atoms with van der Waals surface area (Å²) in [6.45, 7) is 1.76. The van der Waals surface area contributed by atoms with Gasteiger partial charge in [-0.2, -0.15) is 0 Å².